The van der Waals surface area contributed by atoms with Crippen molar-refractivity contribution in [3.63, 3.8) is 0 Å². The number of nitrogens with zero attached hydrogens (tertiary/aromatic N) is 1. The molecule has 0 unspecified atom stereocenters. The Kier molecular flexibility index (Phi) is 5.74. The number of para-hydroxylation sites is 1. The number of hydrogen-bond donors (Lipinski definition) is 1. The standard InChI is InChI=1S/C21H22N2O8/c1-5-30-19(26)16-17(22)23(10-14(24)28-3)13-9-7-6-8-12(13)21(16)15(18(25)29-4)11(2)31-20(21)27/h6-9H,5,10,22H2,1-4H3/t21-/m1/s1. The Bertz CT molecular complexity index is 1040. The predicted molar refractivity (Wildman–Crippen MR) is 106 cm³/mol. The first-order valence-electron chi connectivity index (χ1n) is 9.38. The van der Waals surface area contributed by atoms with Crippen molar-refractivity contribution in [2.75, 3.05) is 32.3 Å². The largest absolute Gasteiger partial charge is 0.468 e. The molecule has 1 spiro atoms. The minimum absolute atomic E-state index is 0.0182. The van der Waals surface area contributed by atoms with Crippen molar-refractivity contribution in [3.05, 3.63) is 52.6 Å². The molecule has 2 heterocycles. The first-order chi connectivity index (χ1) is 14.7. The van der Waals surface area contributed by atoms with Crippen molar-refractivity contribution < 1.29 is 38.1 Å². The van der Waals surface area contributed by atoms with E-state index in [4.69, 9.17) is 24.7 Å². The van der Waals surface area contributed by atoms with Gasteiger partial charge in [0.05, 0.1) is 20.8 Å². The fraction of sp³-hybridized carbons (Fsp3) is 0.333. The number of hydrogen-bond acceptors (Lipinski definition) is 10. The van der Waals surface area contributed by atoms with Crippen LogP contribution < -0.4 is 10.6 Å². The van der Waals surface area contributed by atoms with Crippen LogP contribution in [0.15, 0.2) is 47.0 Å². The Labute approximate surface area is 178 Å². The van der Waals surface area contributed by atoms with Crippen LogP contribution in [0.2, 0.25) is 0 Å². The zero-order valence-electron chi connectivity index (χ0n) is 17.5. The minimum Gasteiger partial charge on any atom is -0.468 e. The number of anilines is 1. The molecular weight excluding hydrogens is 408 g/mol. The van der Waals surface area contributed by atoms with Crippen LogP contribution >= 0.6 is 0 Å². The number of esters is 4. The zero-order chi connectivity index (χ0) is 22.9. The first-order valence-corrected chi connectivity index (χ1v) is 9.38. The highest BCUT2D eigenvalue weighted by atomic mass is 16.6. The van der Waals surface area contributed by atoms with Gasteiger partial charge in [-0.05, 0) is 19.9 Å². The Hall–Kier alpha value is -3.82. The third kappa shape index (κ3) is 3.11. The van der Waals surface area contributed by atoms with E-state index in [1.165, 1.54) is 18.9 Å². The molecule has 0 saturated heterocycles. The fourth-order valence-electron chi connectivity index (χ4n) is 3.95. The summed E-state index contributed by atoms with van der Waals surface area (Å²) < 4.78 is 20.1. The maximum Gasteiger partial charge on any atom is 0.339 e. The number of allylic oxidation sites excluding steroid dienone is 1. The lowest BCUT2D eigenvalue weighted by Gasteiger charge is -2.40. The average Bonchev–Trinajstić information content (AvgIpc) is 3.01. The van der Waals surface area contributed by atoms with Crippen LogP contribution in [0.3, 0.4) is 0 Å². The smallest absolute Gasteiger partial charge is 0.339 e. The van der Waals surface area contributed by atoms with Crippen LogP contribution in [-0.4, -0.2) is 51.2 Å². The molecule has 1 aromatic carbocycles. The van der Waals surface area contributed by atoms with Crippen molar-refractivity contribution in [2.45, 2.75) is 19.3 Å². The van der Waals surface area contributed by atoms with Gasteiger partial charge in [0, 0.05) is 11.3 Å². The second-order valence-electron chi connectivity index (χ2n) is 6.72. The first kappa shape index (κ1) is 21.9. The van der Waals surface area contributed by atoms with E-state index in [-0.39, 0.29) is 41.4 Å². The molecule has 0 saturated carbocycles. The topological polar surface area (TPSA) is 134 Å². The molecule has 0 amide bonds. The summed E-state index contributed by atoms with van der Waals surface area (Å²) in [5, 5.41) is 0. The molecule has 1 atom stereocenters. The average molecular weight is 430 g/mol. The van der Waals surface area contributed by atoms with E-state index in [1.54, 1.807) is 31.2 Å². The lowest BCUT2D eigenvalue weighted by atomic mass is 9.66. The van der Waals surface area contributed by atoms with Gasteiger partial charge in [-0.25, -0.2) is 14.4 Å². The Morgan fingerprint density at radius 1 is 1.10 bits per heavy atom. The monoisotopic (exact) mass is 430 g/mol. The molecule has 2 N–H and O–H groups in total. The third-order valence-corrected chi connectivity index (χ3v) is 5.18. The Morgan fingerprint density at radius 3 is 2.39 bits per heavy atom. The molecule has 1 aromatic rings. The number of carbonyl (C=O) groups is 4. The molecule has 0 radical (unpaired) electrons. The van der Waals surface area contributed by atoms with Gasteiger partial charge in [0.15, 0.2) is 5.41 Å². The van der Waals surface area contributed by atoms with Crippen molar-refractivity contribution in [1.29, 1.82) is 0 Å². The molecule has 2 aliphatic heterocycles. The van der Waals surface area contributed by atoms with Gasteiger partial charge in [0.25, 0.3) is 0 Å². The summed E-state index contributed by atoms with van der Waals surface area (Å²) in [6, 6.07) is 6.43. The van der Waals surface area contributed by atoms with E-state index < -0.39 is 29.3 Å². The van der Waals surface area contributed by atoms with Crippen LogP contribution in [0.1, 0.15) is 19.4 Å². The quantitative estimate of drug-likeness (QED) is 0.524. The summed E-state index contributed by atoms with van der Waals surface area (Å²) in [6.07, 6.45) is 0. The summed E-state index contributed by atoms with van der Waals surface area (Å²) in [5.74, 6) is -3.60. The van der Waals surface area contributed by atoms with Crippen LogP contribution in [0.5, 0.6) is 0 Å². The molecule has 0 fully saturated rings. The predicted octanol–water partition coefficient (Wildman–Crippen LogP) is 0.655. The van der Waals surface area contributed by atoms with Gasteiger partial charge in [-0.3, -0.25) is 4.79 Å². The summed E-state index contributed by atoms with van der Waals surface area (Å²) in [4.78, 5) is 52.6. The Balaban J connectivity index is 2.44. The maximum absolute atomic E-state index is 13.3. The number of methoxy groups -OCH3 is 2. The molecule has 10 heteroatoms. The lowest BCUT2D eigenvalue weighted by molar-refractivity contribution is -0.147. The number of benzene rings is 1. The van der Waals surface area contributed by atoms with Crippen LogP contribution in [0, 0.1) is 0 Å². The van der Waals surface area contributed by atoms with Gasteiger partial charge < -0.3 is 29.6 Å². The van der Waals surface area contributed by atoms with Crippen LogP contribution in [-0.2, 0) is 43.5 Å². The number of fused-ring (bicyclic) bond motifs is 2. The van der Waals surface area contributed by atoms with E-state index in [0.717, 1.165) is 7.11 Å². The van der Waals surface area contributed by atoms with Crippen molar-refractivity contribution in [2.24, 2.45) is 5.73 Å². The molecule has 10 nitrogen and oxygen atoms in total. The maximum atomic E-state index is 13.3. The van der Waals surface area contributed by atoms with Gasteiger partial charge in [-0.15, -0.1) is 0 Å². The third-order valence-electron chi connectivity index (χ3n) is 5.18. The van der Waals surface area contributed by atoms with E-state index >= 15 is 0 Å². The van der Waals surface area contributed by atoms with Gasteiger partial charge in [0.1, 0.15) is 29.3 Å². The second-order valence-corrected chi connectivity index (χ2v) is 6.72. The Morgan fingerprint density at radius 2 is 1.77 bits per heavy atom. The molecule has 2 aliphatic rings. The lowest BCUT2D eigenvalue weighted by Crippen LogP contribution is -2.51. The molecule has 0 aromatic heterocycles. The highest BCUT2D eigenvalue weighted by Crippen LogP contribution is 2.53. The highest BCUT2D eigenvalue weighted by molar-refractivity contribution is 6.16. The van der Waals surface area contributed by atoms with Gasteiger partial charge in [-0.1, -0.05) is 18.2 Å². The summed E-state index contributed by atoms with van der Waals surface area (Å²) in [7, 11) is 2.36. The van der Waals surface area contributed by atoms with E-state index in [9.17, 15) is 19.2 Å². The zero-order valence-corrected chi connectivity index (χ0v) is 17.5. The van der Waals surface area contributed by atoms with Crippen molar-refractivity contribution in [1.82, 2.24) is 0 Å². The fourth-order valence-corrected chi connectivity index (χ4v) is 3.95. The summed E-state index contributed by atoms with van der Waals surface area (Å²) in [6.45, 7) is 2.64. The highest BCUT2D eigenvalue weighted by Gasteiger charge is 2.63. The van der Waals surface area contributed by atoms with Crippen molar-refractivity contribution >= 4 is 29.6 Å². The molecule has 0 aliphatic carbocycles. The molecule has 164 valence electrons. The normalized spacial score (nSPS) is 19.9. The molecule has 31 heavy (non-hydrogen) atoms. The summed E-state index contributed by atoms with van der Waals surface area (Å²) >= 11 is 0. The summed E-state index contributed by atoms with van der Waals surface area (Å²) in [5.41, 5.74) is 4.36. The van der Waals surface area contributed by atoms with Crippen LogP contribution in [0.25, 0.3) is 0 Å². The van der Waals surface area contributed by atoms with Gasteiger partial charge >= 0.3 is 23.9 Å². The number of nitrogens with two attached hydrogens (primary N) is 1. The van der Waals surface area contributed by atoms with E-state index in [1.807, 2.05) is 0 Å². The minimum atomic E-state index is -2.02. The van der Waals surface area contributed by atoms with Crippen molar-refractivity contribution in [3.8, 4) is 0 Å². The van der Waals surface area contributed by atoms with E-state index in [0.29, 0.717) is 5.69 Å². The molecular formula is C21H22N2O8. The molecule has 0 bridgehead atoms. The second kappa shape index (κ2) is 8.13. The molecule has 3 rings (SSSR count). The van der Waals surface area contributed by atoms with Gasteiger partial charge in [-0.2, -0.15) is 0 Å². The van der Waals surface area contributed by atoms with Gasteiger partial charge in [0.2, 0.25) is 0 Å². The number of carbonyl (C=O) groups excluding carboxylic acids is 4. The number of cyclic esters (lactones) is 1. The van der Waals surface area contributed by atoms with Crippen LogP contribution in [0.4, 0.5) is 5.69 Å². The number of ether oxygens (including phenoxy) is 4. The number of rotatable bonds is 5. The SMILES string of the molecule is CCOC(=O)C1=C(N)N(CC(=O)OC)c2ccccc2[C@]12C(=O)OC(C)=C2C(=O)OC. The van der Waals surface area contributed by atoms with E-state index in [2.05, 4.69) is 0 Å².